The highest BCUT2D eigenvalue weighted by molar-refractivity contribution is 9.10. The van der Waals surface area contributed by atoms with Gasteiger partial charge in [-0.3, -0.25) is 14.4 Å². The van der Waals surface area contributed by atoms with E-state index < -0.39 is 24.0 Å². The van der Waals surface area contributed by atoms with E-state index in [0.717, 1.165) is 15.7 Å². The molecule has 0 bridgehead atoms. The van der Waals surface area contributed by atoms with Gasteiger partial charge in [-0.05, 0) is 54.6 Å². The van der Waals surface area contributed by atoms with Crippen molar-refractivity contribution in [2.24, 2.45) is 5.92 Å². The highest BCUT2D eigenvalue weighted by Crippen LogP contribution is 2.49. The summed E-state index contributed by atoms with van der Waals surface area (Å²) in [5.41, 5.74) is 1.96. The van der Waals surface area contributed by atoms with Crippen molar-refractivity contribution in [3.63, 3.8) is 0 Å². The fraction of sp³-hybridized carbons (Fsp3) is 0.167. The van der Waals surface area contributed by atoms with E-state index in [9.17, 15) is 9.59 Å². The van der Waals surface area contributed by atoms with Gasteiger partial charge >= 0.3 is 0 Å². The molecule has 0 N–H and O–H groups in total. The van der Waals surface area contributed by atoms with Gasteiger partial charge in [-0.25, -0.2) is 9.96 Å². The van der Waals surface area contributed by atoms with Gasteiger partial charge in [0.2, 0.25) is 5.91 Å². The lowest BCUT2D eigenvalue weighted by atomic mass is 9.90. The molecule has 3 atom stereocenters. The molecule has 8 heteroatoms. The molecular formula is C24H18BrClN2O4. The van der Waals surface area contributed by atoms with Crippen LogP contribution in [0.3, 0.4) is 0 Å². The van der Waals surface area contributed by atoms with E-state index in [4.69, 9.17) is 21.2 Å². The number of anilines is 2. The second-order valence-electron chi connectivity index (χ2n) is 7.53. The highest BCUT2D eigenvalue weighted by atomic mass is 79.9. The molecule has 6 nitrogen and oxygen atoms in total. The quantitative estimate of drug-likeness (QED) is 0.451. The summed E-state index contributed by atoms with van der Waals surface area (Å²) in [6, 6.07) is 21.1. The number of carbonyl (C=O) groups excluding carboxylic acids is 2. The first kappa shape index (κ1) is 21.0. The van der Waals surface area contributed by atoms with Crippen molar-refractivity contribution < 1.29 is 19.2 Å². The molecule has 3 aromatic rings. The summed E-state index contributed by atoms with van der Waals surface area (Å²) in [6.45, 7) is 0. The van der Waals surface area contributed by atoms with Crippen molar-refractivity contribution in [3.8, 4) is 5.75 Å². The number of carbonyl (C=O) groups is 2. The Labute approximate surface area is 198 Å². The molecule has 0 saturated carbocycles. The topological polar surface area (TPSA) is 59.1 Å². The van der Waals surface area contributed by atoms with E-state index in [0.29, 0.717) is 16.5 Å². The number of hydroxylamine groups is 1. The minimum Gasteiger partial charge on any atom is -0.496 e. The molecule has 2 aliphatic heterocycles. The van der Waals surface area contributed by atoms with E-state index in [1.807, 2.05) is 48.5 Å². The summed E-state index contributed by atoms with van der Waals surface area (Å²) in [4.78, 5) is 34.3. The number of amides is 2. The molecule has 2 heterocycles. The molecule has 0 spiro atoms. The lowest BCUT2D eigenvalue weighted by Gasteiger charge is -2.29. The monoisotopic (exact) mass is 512 g/mol. The SMILES string of the molecule is COc1ccc(Br)cc1[C@H]1[C@@H]2C(=O)N(c3ccc(Cl)cc3)C(=O)[C@H]2ON1c1ccccc1. The van der Waals surface area contributed by atoms with Gasteiger partial charge in [-0.2, -0.15) is 0 Å². The third-order valence-corrected chi connectivity index (χ3v) is 6.47. The van der Waals surface area contributed by atoms with Gasteiger partial charge in [0.25, 0.3) is 5.91 Å². The van der Waals surface area contributed by atoms with Crippen molar-refractivity contribution in [2.75, 3.05) is 17.1 Å². The molecule has 0 unspecified atom stereocenters. The Morgan fingerprint density at radius 2 is 1.66 bits per heavy atom. The normalized spacial score (nSPS) is 22.4. The van der Waals surface area contributed by atoms with Crippen LogP contribution in [0.4, 0.5) is 11.4 Å². The zero-order valence-corrected chi connectivity index (χ0v) is 19.3. The first-order chi connectivity index (χ1) is 15.5. The lowest BCUT2D eigenvalue weighted by molar-refractivity contribution is -0.126. The third kappa shape index (κ3) is 3.37. The Hall–Kier alpha value is -2.87. The van der Waals surface area contributed by atoms with Crippen LogP contribution in [0.5, 0.6) is 5.75 Å². The fourth-order valence-corrected chi connectivity index (χ4v) is 4.81. The van der Waals surface area contributed by atoms with Gasteiger partial charge in [0, 0.05) is 15.1 Å². The van der Waals surface area contributed by atoms with Crippen molar-refractivity contribution in [1.82, 2.24) is 0 Å². The minimum absolute atomic E-state index is 0.326. The van der Waals surface area contributed by atoms with E-state index in [2.05, 4.69) is 15.9 Å². The second kappa shape index (κ2) is 8.24. The van der Waals surface area contributed by atoms with Crippen LogP contribution in [-0.2, 0) is 14.4 Å². The van der Waals surface area contributed by atoms with Crippen LogP contribution in [0, 0.1) is 5.92 Å². The van der Waals surface area contributed by atoms with E-state index in [-0.39, 0.29) is 5.91 Å². The summed E-state index contributed by atoms with van der Waals surface area (Å²) < 4.78 is 6.43. The first-order valence-corrected chi connectivity index (χ1v) is 11.1. The Bertz CT molecular complexity index is 1190. The number of hydrogen-bond donors (Lipinski definition) is 0. The van der Waals surface area contributed by atoms with Crippen LogP contribution in [-0.4, -0.2) is 25.0 Å². The van der Waals surface area contributed by atoms with Crippen LogP contribution in [0.2, 0.25) is 5.02 Å². The molecule has 2 saturated heterocycles. The molecule has 2 fully saturated rings. The van der Waals surface area contributed by atoms with E-state index in [1.54, 1.807) is 36.4 Å². The number of methoxy groups -OCH3 is 1. The van der Waals surface area contributed by atoms with Gasteiger partial charge in [0.05, 0.1) is 24.5 Å². The maximum absolute atomic E-state index is 13.6. The molecular weight excluding hydrogens is 496 g/mol. The number of halogens is 2. The summed E-state index contributed by atoms with van der Waals surface area (Å²) in [5.74, 6) is -0.873. The van der Waals surface area contributed by atoms with Crippen LogP contribution in [0.25, 0.3) is 0 Å². The number of rotatable bonds is 4. The summed E-state index contributed by atoms with van der Waals surface area (Å²) in [6.07, 6.45) is -0.952. The predicted molar refractivity (Wildman–Crippen MR) is 125 cm³/mol. The van der Waals surface area contributed by atoms with Crippen molar-refractivity contribution >= 4 is 50.7 Å². The zero-order valence-electron chi connectivity index (χ0n) is 16.9. The minimum atomic E-state index is -0.952. The smallest absolute Gasteiger partial charge is 0.266 e. The van der Waals surface area contributed by atoms with Gasteiger partial charge in [-0.15, -0.1) is 0 Å². The largest absolute Gasteiger partial charge is 0.496 e. The highest BCUT2D eigenvalue weighted by Gasteiger charge is 2.60. The first-order valence-electron chi connectivity index (χ1n) is 9.97. The molecule has 2 aliphatic rings. The average molecular weight is 514 g/mol. The Kier molecular flexibility index (Phi) is 5.41. The van der Waals surface area contributed by atoms with Crippen molar-refractivity contribution in [2.45, 2.75) is 12.1 Å². The number of benzene rings is 3. The predicted octanol–water partition coefficient (Wildman–Crippen LogP) is 5.16. The number of ether oxygens (including phenoxy) is 1. The molecule has 162 valence electrons. The summed E-state index contributed by atoms with van der Waals surface area (Å²) in [7, 11) is 1.58. The van der Waals surface area contributed by atoms with Gasteiger partial charge < -0.3 is 4.74 Å². The molecule has 3 aromatic carbocycles. The molecule has 0 aromatic heterocycles. The number of imide groups is 1. The standard InChI is InChI=1S/C24H18BrClN2O4/c1-31-19-12-7-14(25)13-18(19)21-20-22(32-28(21)17-5-3-2-4-6-17)24(30)27(23(20)29)16-10-8-15(26)9-11-16/h2-13,20-22H,1H3/t20-,21-,22-/m0/s1. The van der Waals surface area contributed by atoms with E-state index in [1.165, 1.54) is 4.90 Å². The molecule has 2 amide bonds. The van der Waals surface area contributed by atoms with Gasteiger partial charge in [0.15, 0.2) is 6.10 Å². The number of fused-ring (bicyclic) bond motifs is 1. The van der Waals surface area contributed by atoms with Crippen molar-refractivity contribution in [3.05, 3.63) is 87.9 Å². The summed E-state index contributed by atoms with van der Waals surface area (Å²) in [5, 5.41) is 2.17. The maximum atomic E-state index is 13.6. The van der Waals surface area contributed by atoms with Gasteiger partial charge in [-0.1, -0.05) is 45.7 Å². The number of para-hydroxylation sites is 1. The molecule has 5 rings (SSSR count). The Morgan fingerprint density at radius 1 is 0.938 bits per heavy atom. The average Bonchev–Trinajstić information content (AvgIpc) is 3.31. The molecule has 0 radical (unpaired) electrons. The Morgan fingerprint density at radius 3 is 2.34 bits per heavy atom. The van der Waals surface area contributed by atoms with Crippen LogP contribution >= 0.6 is 27.5 Å². The maximum Gasteiger partial charge on any atom is 0.266 e. The third-order valence-electron chi connectivity index (χ3n) is 5.72. The number of nitrogens with zero attached hydrogens (tertiary/aromatic N) is 2. The van der Waals surface area contributed by atoms with Crippen LogP contribution < -0.4 is 14.7 Å². The van der Waals surface area contributed by atoms with Crippen LogP contribution in [0.15, 0.2) is 77.3 Å². The van der Waals surface area contributed by atoms with Crippen LogP contribution in [0.1, 0.15) is 11.6 Å². The van der Waals surface area contributed by atoms with Gasteiger partial charge in [0.1, 0.15) is 11.7 Å². The zero-order chi connectivity index (χ0) is 22.4. The summed E-state index contributed by atoms with van der Waals surface area (Å²) >= 11 is 9.50. The molecule has 0 aliphatic carbocycles. The molecule has 32 heavy (non-hydrogen) atoms. The lowest BCUT2D eigenvalue weighted by Crippen LogP contribution is -2.37. The van der Waals surface area contributed by atoms with Crippen molar-refractivity contribution in [1.29, 1.82) is 0 Å². The fourth-order valence-electron chi connectivity index (χ4n) is 4.31. The second-order valence-corrected chi connectivity index (χ2v) is 8.88. The number of hydrogen-bond acceptors (Lipinski definition) is 5. The Balaban J connectivity index is 1.63. The van der Waals surface area contributed by atoms with E-state index >= 15 is 0 Å².